The summed E-state index contributed by atoms with van der Waals surface area (Å²) in [4.78, 5) is 38.2. The van der Waals surface area contributed by atoms with Gasteiger partial charge in [0.2, 0.25) is 5.91 Å². The zero-order valence-electron chi connectivity index (χ0n) is 14.3. The Morgan fingerprint density at radius 1 is 1.32 bits per heavy atom. The molecule has 1 N–H and O–H groups in total. The fourth-order valence-corrected chi connectivity index (χ4v) is 3.64. The van der Waals surface area contributed by atoms with Gasteiger partial charge in [-0.05, 0) is 37.3 Å². The van der Waals surface area contributed by atoms with E-state index in [9.17, 15) is 9.59 Å². The molecule has 0 aromatic carbocycles. The third kappa shape index (κ3) is 3.34. The maximum atomic E-state index is 12.5. The lowest BCUT2D eigenvalue weighted by molar-refractivity contribution is -0.134. The van der Waals surface area contributed by atoms with Crippen molar-refractivity contribution >= 4 is 5.91 Å². The minimum atomic E-state index is -0.156. The summed E-state index contributed by atoms with van der Waals surface area (Å²) in [7, 11) is 0. The first-order chi connectivity index (χ1) is 12.1. The van der Waals surface area contributed by atoms with Crippen LogP contribution in [0.5, 0.6) is 0 Å². The zero-order valence-corrected chi connectivity index (χ0v) is 14.3. The molecule has 0 spiro atoms. The maximum absolute atomic E-state index is 12.5. The van der Waals surface area contributed by atoms with Gasteiger partial charge in [0.1, 0.15) is 5.82 Å². The molecule has 3 atom stereocenters. The molecule has 2 aliphatic rings. The predicted octanol–water partition coefficient (Wildman–Crippen LogP) is 2.19. The molecule has 0 unspecified atom stereocenters. The highest BCUT2D eigenvalue weighted by Gasteiger charge is 2.42. The van der Waals surface area contributed by atoms with E-state index >= 15 is 0 Å². The molecular weight excluding hydrogens is 316 g/mol. The second kappa shape index (κ2) is 6.43. The van der Waals surface area contributed by atoms with E-state index in [4.69, 9.17) is 0 Å². The molecule has 2 aromatic rings. The van der Waals surface area contributed by atoms with Gasteiger partial charge in [-0.15, -0.1) is 0 Å². The van der Waals surface area contributed by atoms with Crippen molar-refractivity contribution in [3.8, 4) is 11.3 Å². The fourth-order valence-electron chi connectivity index (χ4n) is 3.64. The number of rotatable bonds is 3. The summed E-state index contributed by atoms with van der Waals surface area (Å²) in [6, 6.07) is 5.20. The molecule has 1 saturated carbocycles. The number of carbonyl (C=O) groups excluding carboxylic acids is 1. The first-order valence-electron chi connectivity index (χ1n) is 8.92. The maximum Gasteiger partial charge on any atom is 0.251 e. The Hall–Kier alpha value is -2.50. The minimum Gasteiger partial charge on any atom is -0.342 e. The summed E-state index contributed by atoms with van der Waals surface area (Å²) in [6.07, 6.45) is 6.27. The van der Waals surface area contributed by atoms with E-state index in [1.807, 2.05) is 17.0 Å². The van der Waals surface area contributed by atoms with Crippen LogP contribution >= 0.6 is 0 Å². The van der Waals surface area contributed by atoms with Crippen LogP contribution in [-0.4, -0.2) is 38.8 Å². The molecule has 6 heteroatoms. The van der Waals surface area contributed by atoms with Crippen LogP contribution in [0.15, 0.2) is 35.4 Å². The van der Waals surface area contributed by atoms with Crippen molar-refractivity contribution in [2.24, 2.45) is 11.8 Å². The van der Waals surface area contributed by atoms with Crippen LogP contribution in [-0.2, 0) is 4.79 Å². The van der Waals surface area contributed by atoms with E-state index in [0.717, 1.165) is 31.4 Å². The van der Waals surface area contributed by atoms with Crippen LogP contribution in [0.1, 0.15) is 37.9 Å². The van der Waals surface area contributed by atoms with Gasteiger partial charge < -0.3 is 9.88 Å². The number of H-pyrrole nitrogens is 1. The summed E-state index contributed by atoms with van der Waals surface area (Å²) in [5, 5.41) is 0. The van der Waals surface area contributed by atoms with Crippen LogP contribution < -0.4 is 5.56 Å². The van der Waals surface area contributed by atoms with Gasteiger partial charge in [0.15, 0.2) is 0 Å². The smallest absolute Gasteiger partial charge is 0.251 e. The van der Waals surface area contributed by atoms with Crippen molar-refractivity contribution in [2.75, 3.05) is 13.1 Å². The quantitative estimate of drug-likeness (QED) is 0.930. The standard InChI is InChI=1S/C19H22N4O2/c1-12-9-15(12)19(25)23-8-2-3-14(11-23)18-21-16(10-17(24)22-18)13-4-6-20-7-5-13/h4-7,10,12,14-15H,2-3,8-9,11H2,1H3,(H,21,22,24)/t12-,14+,15+/m1/s1. The van der Waals surface area contributed by atoms with Crippen molar-refractivity contribution in [1.82, 2.24) is 19.9 Å². The number of pyridine rings is 1. The lowest BCUT2D eigenvalue weighted by Gasteiger charge is -2.32. The van der Waals surface area contributed by atoms with Crippen molar-refractivity contribution < 1.29 is 4.79 Å². The molecule has 4 rings (SSSR count). The van der Waals surface area contributed by atoms with E-state index in [1.165, 1.54) is 6.07 Å². The Bertz CT molecular complexity index is 833. The highest BCUT2D eigenvalue weighted by atomic mass is 16.2. The van der Waals surface area contributed by atoms with Gasteiger partial charge in [-0.2, -0.15) is 0 Å². The Morgan fingerprint density at radius 3 is 2.80 bits per heavy atom. The molecule has 2 fully saturated rings. The number of aromatic amines is 1. The molecule has 1 aliphatic carbocycles. The Balaban J connectivity index is 1.58. The van der Waals surface area contributed by atoms with Crippen LogP contribution in [0.2, 0.25) is 0 Å². The topological polar surface area (TPSA) is 79.0 Å². The van der Waals surface area contributed by atoms with Crippen LogP contribution in [0.3, 0.4) is 0 Å². The number of aromatic nitrogens is 3. The number of amides is 1. The van der Waals surface area contributed by atoms with Gasteiger partial charge in [0.25, 0.3) is 5.56 Å². The summed E-state index contributed by atoms with van der Waals surface area (Å²) in [6.45, 7) is 3.58. The largest absolute Gasteiger partial charge is 0.342 e. The van der Waals surface area contributed by atoms with Gasteiger partial charge in [-0.3, -0.25) is 14.6 Å². The second-order valence-corrected chi connectivity index (χ2v) is 7.19. The van der Waals surface area contributed by atoms with Crippen LogP contribution in [0.25, 0.3) is 11.3 Å². The van der Waals surface area contributed by atoms with Gasteiger partial charge >= 0.3 is 0 Å². The molecule has 0 radical (unpaired) electrons. The van der Waals surface area contributed by atoms with E-state index in [-0.39, 0.29) is 23.3 Å². The average Bonchev–Trinajstić information content (AvgIpc) is 3.38. The Morgan fingerprint density at radius 2 is 2.08 bits per heavy atom. The number of hydrogen-bond donors (Lipinski definition) is 1. The van der Waals surface area contributed by atoms with Gasteiger partial charge in [0, 0.05) is 48.9 Å². The van der Waals surface area contributed by atoms with Crippen LogP contribution in [0, 0.1) is 11.8 Å². The molecule has 130 valence electrons. The number of piperidine rings is 1. The summed E-state index contributed by atoms with van der Waals surface area (Å²) >= 11 is 0. The van der Waals surface area contributed by atoms with Crippen molar-refractivity contribution in [3.63, 3.8) is 0 Å². The SMILES string of the molecule is C[C@@H]1C[C@@H]1C(=O)N1CCC[C@H](c2nc(-c3ccncc3)cc(=O)[nH]2)C1. The van der Waals surface area contributed by atoms with Crippen molar-refractivity contribution in [2.45, 2.75) is 32.1 Å². The molecule has 1 saturated heterocycles. The third-order valence-electron chi connectivity index (χ3n) is 5.28. The van der Waals surface area contributed by atoms with Gasteiger partial charge in [-0.25, -0.2) is 4.98 Å². The Kier molecular flexibility index (Phi) is 4.11. The monoisotopic (exact) mass is 338 g/mol. The molecule has 25 heavy (non-hydrogen) atoms. The van der Waals surface area contributed by atoms with E-state index < -0.39 is 0 Å². The number of carbonyl (C=O) groups is 1. The van der Waals surface area contributed by atoms with Gasteiger partial charge in [0.05, 0.1) is 5.69 Å². The second-order valence-electron chi connectivity index (χ2n) is 7.19. The molecular formula is C19H22N4O2. The lowest BCUT2D eigenvalue weighted by atomic mass is 9.96. The van der Waals surface area contributed by atoms with E-state index in [2.05, 4.69) is 21.9 Å². The minimum absolute atomic E-state index is 0.0845. The molecule has 0 bridgehead atoms. The number of hydrogen-bond acceptors (Lipinski definition) is 4. The normalized spacial score (nSPS) is 25.6. The van der Waals surface area contributed by atoms with Crippen molar-refractivity contribution in [3.05, 3.63) is 46.8 Å². The highest BCUT2D eigenvalue weighted by molar-refractivity contribution is 5.81. The summed E-state index contributed by atoms with van der Waals surface area (Å²) in [5.74, 6) is 1.75. The van der Waals surface area contributed by atoms with Crippen molar-refractivity contribution in [1.29, 1.82) is 0 Å². The first-order valence-corrected chi connectivity index (χ1v) is 8.92. The molecule has 6 nitrogen and oxygen atoms in total. The molecule has 2 aromatic heterocycles. The number of nitrogens with zero attached hydrogens (tertiary/aromatic N) is 3. The number of nitrogens with one attached hydrogen (secondary N) is 1. The lowest BCUT2D eigenvalue weighted by Crippen LogP contribution is -2.41. The predicted molar refractivity (Wildman–Crippen MR) is 93.9 cm³/mol. The fraction of sp³-hybridized carbons (Fsp3) is 0.474. The summed E-state index contributed by atoms with van der Waals surface area (Å²) in [5.41, 5.74) is 1.37. The molecule has 1 amide bonds. The molecule has 1 aliphatic heterocycles. The molecule has 3 heterocycles. The third-order valence-corrected chi connectivity index (χ3v) is 5.28. The zero-order chi connectivity index (χ0) is 17.4. The van der Waals surface area contributed by atoms with E-state index in [1.54, 1.807) is 12.4 Å². The Labute approximate surface area is 146 Å². The summed E-state index contributed by atoms with van der Waals surface area (Å²) < 4.78 is 0. The van der Waals surface area contributed by atoms with E-state index in [0.29, 0.717) is 24.0 Å². The van der Waals surface area contributed by atoms with Crippen LogP contribution in [0.4, 0.5) is 0 Å². The first kappa shape index (κ1) is 16.0. The average molecular weight is 338 g/mol. The number of likely N-dealkylation sites (tertiary alicyclic amines) is 1. The highest BCUT2D eigenvalue weighted by Crippen LogP contribution is 2.40. The van der Waals surface area contributed by atoms with Gasteiger partial charge in [-0.1, -0.05) is 6.92 Å².